The van der Waals surface area contributed by atoms with Gasteiger partial charge in [-0.3, -0.25) is 20.4 Å². The van der Waals surface area contributed by atoms with E-state index in [-0.39, 0.29) is 10.7 Å². The van der Waals surface area contributed by atoms with E-state index in [0.717, 1.165) is 12.5 Å². The van der Waals surface area contributed by atoms with Crippen LogP contribution in [0.15, 0.2) is 41.7 Å². The molecule has 10 heteroatoms. The number of hydrazine groups is 1. The number of carbonyl (C=O) groups excluding carboxylic acids is 2. The minimum absolute atomic E-state index is 0.149. The average molecular weight is 355 g/mol. The van der Waals surface area contributed by atoms with E-state index < -0.39 is 26.8 Å². The summed E-state index contributed by atoms with van der Waals surface area (Å²) in [7, 11) is -3.70. The van der Waals surface area contributed by atoms with E-state index in [4.69, 9.17) is 11.6 Å². The molecular weight excluding hydrogens is 344 g/mol. The van der Waals surface area contributed by atoms with Gasteiger partial charge in [0.2, 0.25) is 15.0 Å². The van der Waals surface area contributed by atoms with E-state index in [1.165, 1.54) is 0 Å². The second-order valence-corrected chi connectivity index (χ2v) is 6.71. The van der Waals surface area contributed by atoms with Crippen LogP contribution in [0.5, 0.6) is 0 Å². The molecule has 8 nitrogen and oxygen atoms in total. The highest BCUT2D eigenvalue weighted by Crippen LogP contribution is 2.14. The van der Waals surface area contributed by atoms with Crippen molar-refractivity contribution in [3.63, 3.8) is 0 Å². The van der Waals surface area contributed by atoms with Gasteiger partial charge in [0.05, 0.1) is 11.2 Å². The van der Waals surface area contributed by atoms with Crippen molar-refractivity contribution in [1.29, 1.82) is 0 Å². The van der Waals surface area contributed by atoms with Crippen LogP contribution in [0.1, 0.15) is 20.8 Å². The Hall–Kier alpha value is -2.52. The fraction of sp³-hybridized carbons (Fsp3) is 0.0769. The second-order valence-electron chi connectivity index (χ2n) is 4.40. The molecule has 0 bridgehead atoms. The van der Waals surface area contributed by atoms with Gasteiger partial charge in [0.15, 0.2) is 5.69 Å². The molecule has 23 heavy (non-hydrogen) atoms. The van der Waals surface area contributed by atoms with Gasteiger partial charge in [-0.1, -0.05) is 29.8 Å². The Bertz CT molecular complexity index is 856. The number of rotatable bonds is 3. The molecular formula is C13H11ClN4O4S. The number of aromatic nitrogens is 2. The lowest BCUT2D eigenvalue weighted by Crippen LogP contribution is -2.42. The lowest BCUT2D eigenvalue weighted by atomic mass is 10.2. The average Bonchev–Trinajstić information content (AvgIpc) is 2.52. The Balaban J connectivity index is 2.14. The number of benzene rings is 1. The van der Waals surface area contributed by atoms with Crippen LogP contribution in [0.25, 0.3) is 0 Å². The first-order valence-electron chi connectivity index (χ1n) is 6.17. The molecule has 120 valence electrons. The van der Waals surface area contributed by atoms with Gasteiger partial charge in [-0.2, -0.15) is 0 Å². The second kappa shape index (κ2) is 6.71. The van der Waals surface area contributed by atoms with Gasteiger partial charge in [-0.05, 0) is 12.1 Å². The first kappa shape index (κ1) is 16.8. The molecule has 1 aromatic carbocycles. The predicted octanol–water partition coefficient (Wildman–Crippen LogP) is 0.608. The Morgan fingerprint density at radius 2 is 1.70 bits per heavy atom. The highest BCUT2D eigenvalue weighted by atomic mass is 35.5. The molecule has 1 heterocycles. The largest absolute Gasteiger partial charge is 0.290 e. The minimum Gasteiger partial charge on any atom is -0.267 e. The first-order valence-corrected chi connectivity index (χ1v) is 8.44. The Morgan fingerprint density at radius 3 is 2.30 bits per heavy atom. The Morgan fingerprint density at radius 1 is 1.09 bits per heavy atom. The summed E-state index contributed by atoms with van der Waals surface area (Å²) >= 11 is 5.78. The normalized spacial score (nSPS) is 10.9. The maximum atomic E-state index is 12.0. The standard InChI is InChI=1S/C13H11ClN4O4S/c1-23(21,22)13-15-7-9(14)10(16-13)12(20)18-17-11(19)8-5-3-2-4-6-8/h2-7H,1H3,(H,17,19)(H,18,20). The van der Waals surface area contributed by atoms with Crippen LogP contribution in [0.3, 0.4) is 0 Å². The summed E-state index contributed by atoms with van der Waals surface area (Å²) in [4.78, 5) is 30.9. The first-order chi connectivity index (χ1) is 10.8. The van der Waals surface area contributed by atoms with Crippen LogP contribution in [0.4, 0.5) is 0 Å². The summed E-state index contributed by atoms with van der Waals surface area (Å²) in [5, 5.41) is -0.690. The third kappa shape index (κ3) is 4.24. The molecule has 0 unspecified atom stereocenters. The Labute approximate surface area is 136 Å². The molecule has 2 rings (SSSR count). The number of hydrogen-bond acceptors (Lipinski definition) is 6. The highest BCUT2D eigenvalue weighted by Gasteiger charge is 2.19. The van der Waals surface area contributed by atoms with Crippen molar-refractivity contribution in [3.05, 3.63) is 52.8 Å². The van der Waals surface area contributed by atoms with Gasteiger partial charge in [0.25, 0.3) is 11.8 Å². The predicted molar refractivity (Wildman–Crippen MR) is 81.5 cm³/mol. The number of nitrogens with one attached hydrogen (secondary N) is 2. The number of nitrogens with zero attached hydrogens (tertiary/aromatic N) is 2. The van der Waals surface area contributed by atoms with Crippen molar-refractivity contribution < 1.29 is 18.0 Å². The van der Waals surface area contributed by atoms with E-state index in [1.807, 2.05) is 0 Å². The van der Waals surface area contributed by atoms with E-state index in [1.54, 1.807) is 30.3 Å². The van der Waals surface area contributed by atoms with Crippen LogP contribution < -0.4 is 10.9 Å². The number of amides is 2. The number of halogens is 1. The quantitative estimate of drug-likeness (QED) is 0.615. The lowest BCUT2D eigenvalue weighted by molar-refractivity contribution is 0.0843. The zero-order valence-electron chi connectivity index (χ0n) is 11.8. The lowest BCUT2D eigenvalue weighted by Gasteiger charge is -2.08. The Kier molecular flexibility index (Phi) is 4.92. The summed E-state index contributed by atoms with van der Waals surface area (Å²) in [5.74, 6) is -1.42. The van der Waals surface area contributed by atoms with Gasteiger partial charge < -0.3 is 0 Å². The van der Waals surface area contributed by atoms with Crippen molar-refractivity contribution in [2.45, 2.75) is 5.16 Å². The maximum absolute atomic E-state index is 12.0. The molecule has 0 aliphatic carbocycles. The van der Waals surface area contributed by atoms with E-state index in [2.05, 4.69) is 20.8 Å². The molecule has 0 aliphatic rings. The monoisotopic (exact) mass is 354 g/mol. The van der Waals surface area contributed by atoms with Crippen molar-refractivity contribution in [2.24, 2.45) is 0 Å². The molecule has 0 radical (unpaired) electrons. The van der Waals surface area contributed by atoms with Crippen molar-refractivity contribution in [3.8, 4) is 0 Å². The van der Waals surface area contributed by atoms with E-state index in [9.17, 15) is 18.0 Å². The van der Waals surface area contributed by atoms with Crippen LogP contribution >= 0.6 is 11.6 Å². The minimum atomic E-state index is -3.70. The third-order valence-corrected chi connectivity index (χ3v) is 3.73. The molecule has 0 fully saturated rings. The number of sulfone groups is 1. The number of hydrogen-bond donors (Lipinski definition) is 2. The van der Waals surface area contributed by atoms with E-state index >= 15 is 0 Å². The molecule has 0 saturated heterocycles. The fourth-order valence-corrected chi connectivity index (χ4v) is 2.20. The summed E-state index contributed by atoms with van der Waals surface area (Å²) in [6.45, 7) is 0. The summed E-state index contributed by atoms with van der Waals surface area (Å²) in [6, 6.07) is 8.18. The molecule has 2 aromatic rings. The van der Waals surface area contributed by atoms with Gasteiger partial charge in [0, 0.05) is 11.8 Å². The zero-order chi connectivity index (χ0) is 17.0. The van der Waals surface area contributed by atoms with E-state index in [0.29, 0.717) is 5.56 Å². The van der Waals surface area contributed by atoms with Crippen molar-refractivity contribution >= 4 is 33.3 Å². The summed E-state index contributed by atoms with van der Waals surface area (Å²) in [5.41, 5.74) is 4.25. The van der Waals surface area contributed by atoms with Crippen LogP contribution in [0, 0.1) is 0 Å². The van der Waals surface area contributed by atoms with Gasteiger partial charge in [-0.15, -0.1) is 0 Å². The molecule has 1 aromatic heterocycles. The summed E-state index contributed by atoms with van der Waals surface area (Å²) in [6.07, 6.45) is 1.90. The van der Waals surface area contributed by atoms with Crippen LogP contribution in [-0.2, 0) is 9.84 Å². The SMILES string of the molecule is CS(=O)(=O)c1ncc(Cl)c(C(=O)NNC(=O)c2ccccc2)n1. The summed E-state index contributed by atoms with van der Waals surface area (Å²) < 4.78 is 22.8. The van der Waals surface area contributed by atoms with Gasteiger partial charge in [-0.25, -0.2) is 18.4 Å². The molecule has 0 aliphatic heterocycles. The smallest absolute Gasteiger partial charge is 0.267 e. The molecule has 0 saturated carbocycles. The van der Waals surface area contributed by atoms with Gasteiger partial charge in [0.1, 0.15) is 0 Å². The molecule has 0 atom stereocenters. The molecule has 2 amide bonds. The fourth-order valence-electron chi connectivity index (χ4n) is 1.52. The zero-order valence-corrected chi connectivity index (χ0v) is 13.4. The third-order valence-electron chi connectivity index (χ3n) is 2.59. The topological polar surface area (TPSA) is 118 Å². The number of carbonyl (C=O) groups is 2. The van der Waals surface area contributed by atoms with Gasteiger partial charge >= 0.3 is 0 Å². The maximum Gasteiger partial charge on any atom is 0.290 e. The molecule has 2 N–H and O–H groups in total. The van der Waals surface area contributed by atoms with Crippen molar-refractivity contribution in [1.82, 2.24) is 20.8 Å². The van der Waals surface area contributed by atoms with Crippen LogP contribution in [-0.4, -0.2) is 36.5 Å². The van der Waals surface area contributed by atoms with Crippen LogP contribution in [0.2, 0.25) is 5.02 Å². The van der Waals surface area contributed by atoms with Crippen molar-refractivity contribution in [2.75, 3.05) is 6.26 Å². The highest BCUT2D eigenvalue weighted by molar-refractivity contribution is 7.90. The molecule has 0 spiro atoms.